The minimum Gasteiger partial charge on any atom is -0.383 e. The first kappa shape index (κ1) is 20.4. The standard InChI is InChI=1S/C22H32N4O2/c1-16-5-6-20(13-17(16)2)24-22(27)25-9-7-19(8-10-25)14-21-23-15-18(3)26(21)11-12-28-4/h5-6,13,15,19H,7-12,14H2,1-4H3,(H,24,27). The van der Waals surface area contributed by atoms with E-state index in [1.165, 1.54) is 16.8 Å². The van der Waals surface area contributed by atoms with E-state index in [0.29, 0.717) is 12.5 Å². The van der Waals surface area contributed by atoms with Crippen LogP contribution in [0.1, 0.15) is 35.5 Å². The molecule has 152 valence electrons. The van der Waals surface area contributed by atoms with Gasteiger partial charge >= 0.3 is 6.03 Å². The molecule has 1 aliphatic heterocycles. The third-order valence-corrected chi connectivity index (χ3v) is 5.79. The highest BCUT2D eigenvalue weighted by Gasteiger charge is 2.24. The predicted molar refractivity (Wildman–Crippen MR) is 112 cm³/mol. The molecule has 0 bridgehead atoms. The molecule has 2 heterocycles. The van der Waals surface area contributed by atoms with Gasteiger partial charge in [0.05, 0.1) is 6.61 Å². The lowest BCUT2D eigenvalue weighted by Gasteiger charge is -2.32. The first-order chi connectivity index (χ1) is 13.5. The Hall–Kier alpha value is -2.34. The number of benzene rings is 1. The maximum absolute atomic E-state index is 12.6. The van der Waals surface area contributed by atoms with E-state index in [1.807, 2.05) is 29.3 Å². The summed E-state index contributed by atoms with van der Waals surface area (Å²) in [5.74, 6) is 1.70. The summed E-state index contributed by atoms with van der Waals surface area (Å²) in [4.78, 5) is 19.1. The predicted octanol–water partition coefficient (Wildman–Crippen LogP) is 3.94. The molecule has 0 aliphatic carbocycles. The van der Waals surface area contributed by atoms with Gasteiger partial charge in [0, 0.05) is 50.7 Å². The molecule has 1 aromatic heterocycles. The van der Waals surface area contributed by atoms with Gasteiger partial charge in [-0.1, -0.05) is 6.07 Å². The molecule has 0 spiro atoms. The summed E-state index contributed by atoms with van der Waals surface area (Å²) in [5, 5.41) is 3.04. The minimum atomic E-state index is -0.000794. The SMILES string of the molecule is COCCn1c(C)cnc1CC1CCN(C(=O)Nc2ccc(C)c(C)c2)CC1. The highest BCUT2D eigenvalue weighted by molar-refractivity contribution is 5.89. The van der Waals surface area contributed by atoms with E-state index in [1.54, 1.807) is 7.11 Å². The molecule has 2 aromatic rings. The van der Waals surface area contributed by atoms with Crippen molar-refractivity contribution in [1.82, 2.24) is 14.5 Å². The van der Waals surface area contributed by atoms with Crippen molar-refractivity contribution >= 4 is 11.7 Å². The van der Waals surface area contributed by atoms with Crippen molar-refractivity contribution < 1.29 is 9.53 Å². The number of rotatable bonds is 6. The van der Waals surface area contributed by atoms with E-state index in [4.69, 9.17) is 4.74 Å². The van der Waals surface area contributed by atoms with Crippen LogP contribution in [-0.4, -0.2) is 47.3 Å². The van der Waals surface area contributed by atoms with Gasteiger partial charge in [0.2, 0.25) is 0 Å². The lowest BCUT2D eigenvalue weighted by molar-refractivity contribution is 0.178. The maximum Gasteiger partial charge on any atom is 0.321 e. The number of ether oxygens (including phenoxy) is 1. The fourth-order valence-electron chi connectivity index (χ4n) is 3.78. The first-order valence-corrected chi connectivity index (χ1v) is 10.1. The number of hydrogen-bond acceptors (Lipinski definition) is 3. The second-order valence-corrected chi connectivity index (χ2v) is 7.82. The molecule has 6 nitrogen and oxygen atoms in total. The van der Waals surface area contributed by atoms with Gasteiger partial charge in [0.25, 0.3) is 0 Å². The molecular weight excluding hydrogens is 352 g/mol. The highest BCUT2D eigenvalue weighted by atomic mass is 16.5. The number of methoxy groups -OCH3 is 1. The molecule has 2 amide bonds. The number of nitrogens with zero attached hydrogens (tertiary/aromatic N) is 3. The van der Waals surface area contributed by atoms with E-state index in [0.717, 1.165) is 50.4 Å². The van der Waals surface area contributed by atoms with Crippen molar-refractivity contribution in [2.45, 2.75) is 46.6 Å². The molecule has 0 unspecified atom stereocenters. The highest BCUT2D eigenvalue weighted by Crippen LogP contribution is 2.23. The van der Waals surface area contributed by atoms with E-state index in [2.05, 4.69) is 35.6 Å². The van der Waals surface area contributed by atoms with E-state index < -0.39 is 0 Å². The number of carbonyl (C=O) groups is 1. The fourth-order valence-corrected chi connectivity index (χ4v) is 3.78. The van der Waals surface area contributed by atoms with Crippen molar-refractivity contribution in [3.63, 3.8) is 0 Å². The normalized spacial score (nSPS) is 15.1. The third kappa shape index (κ3) is 4.93. The molecule has 1 N–H and O–H groups in total. The minimum absolute atomic E-state index is 0.000794. The summed E-state index contributed by atoms with van der Waals surface area (Å²) in [7, 11) is 1.73. The van der Waals surface area contributed by atoms with Gasteiger partial charge in [-0.25, -0.2) is 9.78 Å². The van der Waals surface area contributed by atoms with Crippen molar-refractivity contribution in [2.24, 2.45) is 5.92 Å². The molecule has 1 fully saturated rings. The van der Waals surface area contributed by atoms with E-state index in [-0.39, 0.29) is 6.03 Å². The van der Waals surface area contributed by atoms with Crippen LogP contribution in [0.3, 0.4) is 0 Å². The Morgan fingerprint density at radius 2 is 1.96 bits per heavy atom. The second kappa shape index (κ2) is 9.24. The maximum atomic E-state index is 12.6. The zero-order valence-corrected chi connectivity index (χ0v) is 17.5. The molecule has 6 heteroatoms. The van der Waals surface area contributed by atoms with Crippen LogP contribution in [0.5, 0.6) is 0 Å². The Bertz CT molecular complexity index is 807. The fraction of sp³-hybridized carbons (Fsp3) is 0.545. The Kier molecular flexibility index (Phi) is 6.73. The Morgan fingerprint density at radius 3 is 2.64 bits per heavy atom. The van der Waals surface area contributed by atoms with Crippen LogP contribution in [0.25, 0.3) is 0 Å². The largest absolute Gasteiger partial charge is 0.383 e. The Balaban J connectivity index is 1.51. The molecule has 1 saturated heterocycles. The summed E-state index contributed by atoms with van der Waals surface area (Å²) in [5.41, 5.74) is 4.47. The van der Waals surface area contributed by atoms with Crippen molar-refractivity contribution in [3.8, 4) is 0 Å². The summed E-state index contributed by atoms with van der Waals surface area (Å²) in [6, 6.07) is 6.04. The number of hydrogen-bond donors (Lipinski definition) is 1. The molecule has 1 aliphatic rings. The van der Waals surface area contributed by atoms with Gasteiger partial charge in [-0.05, 0) is 62.8 Å². The quantitative estimate of drug-likeness (QED) is 0.821. The van der Waals surface area contributed by atoms with Gasteiger partial charge in [-0.2, -0.15) is 0 Å². The lowest BCUT2D eigenvalue weighted by Crippen LogP contribution is -2.41. The van der Waals surface area contributed by atoms with Crippen molar-refractivity contribution in [3.05, 3.63) is 47.0 Å². The number of piperidine rings is 1. The molecule has 3 rings (SSSR count). The van der Waals surface area contributed by atoms with E-state index >= 15 is 0 Å². The number of amides is 2. The zero-order valence-electron chi connectivity index (χ0n) is 17.5. The summed E-state index contributed by atoms with van der Waals surface area (Å²) >= 11 is 0. The van der Waals surface area contributed by atoms with Crippen LogP contribution in [0.2, 0.25) is 0 Å². The van der Waals surface area contributed by atoms with Crippen LogP contribution in [-0.2, 0) is 17.7 Å². The van der Waals surface area contributed by atoms with Gasteiger partial charge in [-0.3, -0.25) is 0 Å². The number of carbonyl (C=O) groups excluding carboxylic acids is 1. The number of aryl methyl sites for hydroxylation is 3. The number of imidazole rings is 1. The lowest BCUT2D eigenvalue weighted by atomic mass is 9.93. The average Bonchev–Trinajstić information content (AvgIpc) is 3.03. The van der Waals surface area contributed by atoms with Gasteiger partial charge in [-0.15, -0.1) is 0 Å². The number of likely N-dealkylation sites (tertiary alicyclic amines) is 1. The second-order valence-electron chi connectivity index (χ2n) is 7.82. The molecule has 0 saturated carbocycles. The van der Waals surface area contributed by atoms with Crippen molar-refractivity contribution in [2.75, 3.05) is 32.1 Å². The topological polar surface area (TPSA) is 59.4 Å². The number of anilines is 1. The number of urea groups is 1. The van der Waals surface area contributed by atoms with Crippen LogP contribution >= 0.6 is 0 Å². The van der Waals surface area contributed by atoms with Crippen LogP contribution in [0.4, 0.5) is 10.5 Å². The molecule has 0 atom stereocenters. The Labute approximate surface area is 167 Å². The summed E-state index contributed by atoms with van der Waals surface area (Å²) in [6.07, 6.45) is 4.92. The van der Waals surface area contributed by atoms with Gasteiger partial charge in [0.15, 0.2) is 0 Å². The van der Waals surface area contributed by atoms with Crippen LogP contribution in [0.15, 0.2) is 24.4 Å². The average molecular weight is 385 g/mol. The molecule has 28 heavy (non-hydrogen) atoms. The molecule has 1 aromatic carbocycles. The first-order valence-electron chi connectivity index (χ1n) is 10.1. The third-order valence-electron chi connectivity index (χ3n) is 5.79. The number of aromatic nitrogens is 2. The van der Waals surface area contributed by atoms with Gasteiger partial charge < -0.3 is 19.5 Å². The smallest absolute Gasteiger partial charge is 0.321 e. The summed E-state index contributed by atoms with van der Waals surface area (Å²) in [6.45, 7) is 9.35. The van der Waals surface area contributed by atoms with Crippen LogP contribution in [0, 0.1) is 26.7 Å². The van der Waals surface area contributed by atoms with E-state index in [9.17, 15) is 4.79 Å². The molecule has 0 radical (unpaired) electrons. The summed E-state index contributed by atoms with van der Waals surface area (Å²) < 4.78 is 7.47. The van der Waals surface area contributed by atoms with Gasteiger partial charge in [0.1, 0.15) is 5.82 Å². The van der Waals surface area contributed by atoms with Crippen molar-refractivity contribution in [1.29, 1.82) is 0 Å². The number of nitrogens with one attached hydrogen (secondary N) is 1. The Morgan fingerprint density at radius 1 is 1.21 bits per heavy atom. The monoisotopic (exact) mass is 384 g/mol. The zero-order chi connectivity index (χ0) is 20.1. The van der Waals surface area contributed by atoms with Crippen LogP contribution < -0.4 is 5.32 Å². The molecular formula is C22H32N4O2.